The van der Waals surface area contributed by atoms with Crippen molar-refractivity contribution in [3.63, 3.8) is 0 Å². The van der Waals surface area contributed by atoms with Gasteiger partial charge in [-0.1, -0.05) is 12.1 Å². The van der Waals surface area contributed by atoms with Gasteiger partial charge in [0.2, 0.25) is 5.91 Å². The Morgan fingerprint density at radius 3 is 2.75 bits per heavy atom. The van der Waals surface area contributed by atoms with Crippen LogP contribution in [0.15, 0.2) is 30.3 Å². The first-order valence-corrected chi connectivity index (χ1v) is 7.09. The van der Waals surface area contributed by atoms with E-state index in [0.29, 0.717) is 6.42 Å². The number of aromatic hydroxyl groups is 1. The minimum absolute atomic E-state index is 0.00350. The first-order chi connectivity index (χ1) is 9.70. The molecule has 0 spiro atoms. The fourth-order valence-electron chi connectivity index (χ4n) is 2.59. The third kappa shape index (κ3) is 3.84. The molecule has 2 N–H and O–H groups in total. The largest absolute Gasteiger partial charge is 0.508 e. The van der Waals surface area contributed by atoms with Crippen molar-refractivity contribution in [1.82, 2.24) is 4.90 Å². The maximum Gasteiger partial charge on any atom is 0.246 e. The molecule has 0 radical (unpaired) electrons. The van der Waals surface area contributed by atoms with Gasteiger partial charge in [0.15, 0.2) is 0 Å². The van der Waals surface area contributed by atoms with Crippen LogP contribution >= 0.6 is 0 Å². The van der Waals surface area contributed by atoms with Crippen molar-refractivity contribution in [1.29, 1.82) is 0 Å². The normalized spacial score (nSPS) is 19.4. The number of benzene rings is 1. The van der Waals surface area contributed by atoms with Gasteiger partial charge < -0.3 is 15.1 Å². The molecule has 1 aliphatic rings. The summed E-state index contributed by atoms with van der Waals surface area (Å²) in [5, 5.41) is 18.3. The number of piperidine rings is 1. The standard InChI is InChI=1S/C16H21NO3/c18-12-10-14-3-1-2-11-17(14)16(20)9-6-13-4-7-15(19)8-5-13/h4-9,14,18-19H,1-3,10-12H2/b9-6+. The van der Waals surface area contributed by atoms with Crippen LogP contribution in [0.1, 0.15) is 31.2 Å². The Hall–Kier alpha value is -1.81. The summed E-state index contributed by atoms with van der Waals surface area (Å²) in [7, 11) is 0. The molecule has 0 saturated carbocycles. The van der Waals surface area contributed by atoms with Crippen molar-refractivity contribution in [2.24, 2.45) is 0 Å². The van der Waals surface area contributed by atoms with Gasteiger partial charge >= 0.3 is 0 Å². The molecule has 0 aliphatic carbocycles. The maximum absolute atomic E-state index is 12.2. The molecule has 1 heterocycles. The van der Waals surface area contributed by atoms with Gasteiger partial charge in [-0.2, -0.15) is 0 Å². The zero-order valence-electron chi connectivity index (χ0n) is 11.5. The molecule has 1 unspecified atom stereocenters. The van der Waals surface area contributed by atoms with E-state index in [1.807, 2.05) is 4.90 Å². The lowest BCUT2D eigenvalue weighted by Crippen LogP contribution is -2.43. The summed E-state index contributed by atoms with van der Waals surface area (Å²) in [4.78, 5) is 14.1. The van der Waals surface area contributed by atoms with Crippen LogP contribution in [0, 0.1) is 0 Å². The van der Waals surface area contributed by atoms with Crippen LogP contribution in [0.25, 0.3) is 6.08 Å². The van der Waals surface area contributed by atoms with E-state index in [4.69, 9.17) is 5.11 Å². The Morgan fingerprint density at radius 1 is 1.30 bits per heavy atom. The van der Waals surface area contributed by atoms with Crippen molar-refractivity contribution in [3.8, 4) is 5.75 Å². The highest BCUT2D eigenvalue weighted by atomic mass is 16.3. The molecule has 2 rings (SSSR count). The number of hydrogen-bond acceptors (Lipinski definition) is 3. The molecule has 108 valence electrons. The number of aliphatic hydroxyl groups excluding tert-OH is 1. The van der Waals surface area contributed by atoms with Gasteiger partial charge in [-0.3, -0.25) is 4.79 Å². The lowest BCUT2D eigenvalue weighted by molar-refractivity contribution is -0.129. The second kappa shape index (κ2) is 7.10. The molecule has 1 saturated heterocycles. The Balaban J connectivity index is 2.00. The van der Waals surface area contributed by atoms with Crippen LogP contribution in [0.2, 0.25) is 0 Å². The Morgan fingerprint density at radius 2 is 2.05 bits per heavy atom. The van der Waals surface area contributed by atoms with Crippen LogP contribution in [0.5, 0.6) is 5.75 Å². The van der Waals surface area contributed by atoms with E-state index < -0.39 is 0 Å². The molecule has 20 heavy (non-hydrogen) atoms. The van der Waals surface area contributed by atoms with Crippen LogP contribution in [-0.4, -0.2) is 40.2 Å². The van der Waals surface area contributed by atoms with Gasteiger partial charge in [0.05, 0.1) is 0 Å². The number of carbonyl (C=O) groups is 1. The summed E-state index contributed by atoms with van der Waals surface area (Å²) in [5.74, 6) is 0.212. The molecule has 1 aromatic rings. The van der Waals surface area contributed by atoms with Crippen molar-refractivity contribution in [3.05, 3.63) is 35.9 Å². The monoisotopic (exact) mass is 275 g/mol. The smallest absolute Gasteiger partial charge is 0.246 e. The fourth-order valence-corrected chi connectivity index (χ4v) is 2.59. The van der Waals surface area contributed by atoms with Gasteiger partial charge in [0.25, 0.3) is 0 Å². The number of phenolic OH excluding ortho intramolecular Hbond substituents is 1. The number of amides is 1. The maximum atomic E-state index is 12.2. The molecule has 0 aromatic heterocycles. The van der Waals surface area contributed by atoms with E-state index in [9.17, 15) is 9.90 Å². The minimum atomic E-state index is -0.00350. The average molecular weight is 275 g/mol. The quantitative estimate of drug-likeness (QED) is 0.828. The first kappa shape index (κ1) is 14.6. The molecule has 1 aromatic carbocycles. The highest BCUT2D eigenvalue weighted by Crippen LogP contribution is 2.20. The van der Waals surface area contributed by atoms with Gasteiger partial charge in [0, 0.05) is 25.3 Å². The third-order valence-electron chi connectivity index (χ3n) is 3.68. The number of likely N-dealkylation sites (tertiary alicyclic amines) is 1. The Bertz CT molecular complexity index is 465. The first-order valence-electron chi connectivity index (χ1n) is 7.09. The summed E-state index contributed by atoms with van der Waals surface area (Å²) >= 11 is 0. The summed E-state index contributed by atoms with van der Waals surface area (Å²) in [6, 6.07) is 6.88. The number of hydrogen-bond donors (Lipinski definition) is 2. The average Bonchev–Trinajstić information content (AvgIpc) is 2.47. The van der Waals surface area contributed by atoms with E-state index in [1.165, 1.54) is 0 Å². The van der Waals surface area contributed by atoms with Gasteiger partial charge in [-0.25, -0.2) is 0 Å². The fraction of sp³-hybridized carbons (Fsp3) is 0.438. The van der Waals surface area contributed by atoms with Crippen molar-refractivity contribution in [2.45, 2.75) is 31.7 Å². The van der Waals surface area contributed by atoms with Gasteiger partial charge in [-0.15, -0.1) is 0 Å². The van der Waals surface area contributed by atoms with Crippen LogP contribution in [0.4, 0.5) is 0 Å². The molecule has 4 heteroatoms. The second-order valence-electron chi connectivity index (χ2n) is 5.12. The molecular formula is C16H21NO3. The number of aliphatic hydroxyl groups is 1. The second-order valence-corrected chi connectivity index (χ2v) is 5.12. The third-order valence-corrected chi connectivity index (χ3v) is 3.68. The topological polar surface area (TPSA) is 60.8 Å². The van der Waals surface area contributed by atoms with Gasteiger partial charge in [-0.05, 0) is 49.5 Å². The molecule has 1 atom stereocenters. The Labute approximate surface area is 119 Å². The van der Waals surface area contributed by atoms with Crippen molar-refractivity contribution in [2.75, 3.05) is 13.2 Å². The van der Waals surface area contributed by atoms with E-state index in [-0.39, 0.29) is 24.3 Å². The lowest BCUT2D eigenvalue weighted by atomic mass is 9.99. The van der Waals surface area contributed by atoms with Crippen molar-refractivity contribution < 1.29 is 15.0 Å². The predicted octanol–water partition coefficient (Wildman–Crippen LogP) is 2.17. The van der Waals surface area contributed by atoms with E-state index in [0.717, 1.165) is 31.4 Å². The summed E-state index contributed by atoms with van der Waals surface area (Å²) in [6.45, 7) is 0.888. The highest BCUT2D eigenvalue weighted by Gasteiger charge is 2.24. The van der Waals surface area contributed by atoms with Gasteiger partial charge in [0.1, 0.15) is 5.75 Å². The van der Waals surface area contributed by atoms with Crippen LogP contribution < -0.4 is 0 Å². The van der Waals surface area contributed by atoms with E-state index >= 15 is 0 Å². The van der Waals surface area contributed by atoms with Crippen LogP contribution in [0.3, 0.4) is 0 Å². The molecule has 4 nitrogen and oxygen atoms in total. The van der Waals surface area contributed by atoms with E-state index in [1.54, 1.807) is 36.4 Å². The predicted molar refractivity (Wildman–Crippen MR) is 78.2 cm³/mol. The zero-order valence-corrected chi connectivity index (χ0v) is 11.5. The lowest BCUT2D eigenvalue weighted by Gasteiger charge is -2.34. The minimum Gasteiger partial charge on any atom is -0.508 e. The molecular weight excluding hydrogens is 254 g/mol. The number of nitrogens with zero attached hydrogens (tertiary/aromatic N) is 1. The SMILES string of the molecule is O=C(/C=C/c1ccc(O)cc1)N1CCCCC1CCO. The molecule has 1 amide bonds. The summed E-state index contributed by atoms with van der Waals surface area (Å²) in [5.41, 5.74) is 0.881. The van der Waals surface area contributed by atoms with E-state index in [2.05, 4.69) is 0 Å². The highest BCUT2D eigenvalue weighted by molar-refractivity contribution is 5.92. The number of rotatable bonds is 4. The summed E-state index contributed by atoms with van der Waals surface area (Å²) < 4.78 is 0. The zero-order chi connectivity index (χ0) is 14.4. The van der Waals surface area contributed by atoms with Crippen molar-refractivity contribution >= 4 is 12.0 Å². The number of carbonyl (C=O) groups excluding carboxylic acids is 1. The number of phenols is 1. The molecule has 0 bridgehead atoms. The molecule has 1 aliphatic heterocycles. The molecule has 1 fully saturated rings. The summed E-state index contributed by atoms with van der Waals surface area (Å²) in [6.07, 6.45) is 7.10. The Kier molecular flexibility index (Phi) is 5.18. The van der Waals surface area contributed by atoms with Crippen LogP contribution in [-0.2, 0) is 4.79 Å².